The molecular formula is C33H24N2O3. The molecule has 38 heavy (non-hydrogen) atoms. The molecule has 4 aliphatic carbocycles. The van der Waals surface area contributed by atoms with Crippen molar-refractivity contribution < 1.29 is 14.2 Å². The Morgan fingerprint density at radius 1 is 0.816 bits per heavy atom. The van der Waals surface area contributed by atoms with Crippen molar-refractivity contribution in [2.45, 2.75) is 12.0 Å². The van der Waals surface area contributed by atoms with E-state index in [-0.39, 0.29) is 17.6 Å². The molecular weight excluding hydrogens is 472 g/mol. The van der Waals surface area contributed by atoms with Crippen molar-refractivity contribution in [2.75, 3.05) is 21.3 Å². The van der Waals surface area contributed by atoms with E-state index >= 15 is 0 Å². The van der Waals surface area contributed by atoms with Crippen LogP contribution in [0.15, 0.2) is 84.0 Å². The predicted octanol–water partition coefficient (Wildman–Crippen LogP) is 7.38. The molecule has 0 radical (unpaired) electrons. The summed E-state index contributed by atoms with van der Waals surface area (Å²) >= 11 is 0. The molecule has 0 amide bonds. The van der Waals surface area contributed by atoms with Crippen molar-refractivity contribution >= 4 is 27.6 Å². The van der Waals surface area contributed by atoms with E-state index in [1.165, 1.54) is 5.57 Å². The van der Waals surface area contributed by atoms with Gasteiger partial charge in [0.05, 0.1) is 14.2 Å². The van der Waals surface area contributed by atoms with Gasteiger partial charge in [-0.15, -0.1) is 0 Å². The number of nitrogens with zero attached hydrogens (tertiary/aromatic N) is 2. The average molecular weight is 497 g/mol. The second kappa shape index (κ2) is 9.23. The molecule has 0 N–H and O–H groups in total. The van der Waals surface area contributed by atoms with Crippen LogP contribution < -0.4 is 9.47 Å². The van der Waals surface area contributed by atoms with Gasteiger partial charge in [0.25, 0.3) is 0 Å². The van der Waals surface area contributed by atoms with E-state index in [0.717, 1.165) is 55.1 Å². The second-order valence-electron chi connectivity index (χ2n) is 9.30. The first kappa shape index (κ1) is 23.6. The van der Waals surface area contributed by atoms with Crippen molar-refractivity contribution in [3.63, 3.8) is 0 Å². The summed E-state index contributed by atoms with van der Waals surface area (Å²) in [5, 5.41) is 22.8. The van der Waals surface area contributed by atoms with Gasteiger partial charge in [-0.3, -0.25) is 0 Å². The first-order chi connectivity index (χ1) is 18.7. The molecule has 6 rings (SSSR count). The molecule has 0 bridgehead atoms. The van der Waals surface area contributed by atoms with E-state index in [9.17, 15) is 10.5 Å². The summed E-state index contributed by atoms with van der Waals surface area (Å²) in [7, 11) is 5.06. The van der Waals surface area contributed by atoms with Crippen LogP contribution >= 0.6 is 0 Å². The number of ether oxygens (including phenoxy) is 3. The maximum atomic E-state index is 9.64. The standard InChI is InChI=1S/C33H24N2O3/c1-36-31-22-10-6-4-5-9-20(22)26-16-28-21(13-14-25(26)31)27(15-19(17-34)18-35)29-30(28)33(38-3)24-12-8-7-11-23(24)32(29)37-2/h4-16,20,31H,1-3H3. The highest BCUT2D eigenvalue weighted by Crippen LogP contribution is 2.55. The zero-order valence-corrected chi connectivity index (χ0v) is 21.3. The lowest BCUT2D eigenvalue weighted by Gasteiger charge is -2.14. The Hall–Kier alpha value is -4.84. The van der Waals surface area contributed by atoms with Crippen molar-refractivity contribution in [1.82, 2.24) is 0 Å². The Balaban J connectivity index is 1.84. The monoisotopic (exact) mass is 496 g/mol. The predicted molar refractivity (Wildman–Crippen MR) is 149 cm³/mol. The van der Waals surface area contributed by atoms with Gasteiger partial charge in [0, 0.05) is 34.6 Å². The van der Waals surface area contributed by atoms with E-state index in [2.05, 4.69) is 36.4 Å². The van der Waals surface area contributed by atoms with Crippen LogP contribution in [0.1, 0.15) is 28.7 Å². The molecule has 0 heterocycles. The summed E-state index contributed by atoms with van der Waals surface area (Å²) in [6, 6.07) is 18.4. The van der Waals surface area contributed by atoms with Crippen molar-refractivity contribution in [3.8, 4) is 34.8 Å². The van der Waals surface area contributed by atoms with E-state index in [0.29, 0.717) is 5.75 Å². The molecule has 184 valence electrons. The number of methoxy groups -OCH3 is 3. The van der Waals surface area contributed by atoms with Crippen LogP contribution in [-0.2, 0) is 4.74 Å². The maximum absolute atomic E-state index is 9.64. The normalized spacial score (nSPS) is 17.3. The third kappa shape index (κ3) is 3.27. The number of hydrogen-bond acceptors (Lipinski definition) is 5. The van der Waals surface area contributed by atoms with Crippen LogP contribution in [0.25, 0.3) is 38.7 Å². The van der Waals surface area contributed by atoms with E-state index in [1.807, 2.05) is 48.6 Å². The highest BCUT2D eigenvalue weighted by molar-refractivity contribution is 6.22. The van der Waals surface area contributed by atoms with Gasteiger partial charge in [-0.05, 0) is 45.5 Å². The number of fused-ring (bicyclic) bond motifs is 7. The molecule has 2 aromatic carbocycles. The Morgan fingerprint density at radius 3 is 2.18 bits per heavy atom. The summed E-state index contributed by atoms with van der Waals surface area (Å²) in [6.45, 7) is 0. The Labute approximate surface area is 221 Å². The highest BCUT2D eigenvalue weighted by Gasteiger charge is 2.36. The molecule has 0 aromatic heterocycles. The van der Waals surface area contributed by atoms with Gasteiger partial charge in [-0.25, -0.2) is 0 Å². The SMILES string of the molecule is COc1c2ccccc2c(OC)c2c(C=C(C#N)C#N)c3ccc4c(cc-3c12)C1C=CC=CC=C1C4OC. The molecule has 0 fully saturated rings. The third-order valence-electron chi connectivity index (χ3n) is 7.57. The molecule has 2 unspecified atom stereocenters. The first-order valence-corrected chi connectivity index (χ1v) is 12.3. The van der Waals surface area contributed by atoms with Crippen molar-refractivity contribution in [3.05, 3.63) is 101 Å². The fourth-order valence-electron chi connectivity index (χ4n) is 6.05. The van der Waals surface area contributed by atoms with Crippen LogP contribution in [0.5, 0.6) is 11.5 Å². The van der Waals surface area contributed by atoms with Gasteiger partial charge in [-0.1, -0.05) is 66.8 Å². The first-order valence-electron chi connectivity index (χ1n) is 12.3. The van der Waals surface area contributed by atoms with Gasteiger partial charge in [0.1, 0.15) is 35.3 Å². The third-order valence-corrected chi connectivity index (χ3v) is 7.57. The molecule has 0 spiro atoms. The van der Waals surface area contributed by atoms with Crippen LogP contribution in [0.2, 0.25) is 0 Å². The number of allylic oxidation sites excluding steroid dienone is 6. The zero-order valence-electron chi connectivity index (χ0n) is 21.3. The average Bonchev–Trinajstić information content (AvgIpc) is 3.16. The Morgan fingerprint density at radius 2 is 1.53 bits per heavy atom. The topological polar surface area (TPSA) is 75.3 Å². The van der Waals surface area contributed by atoms with Gasteiger partial charge in [0.2, 0.25) is 0 Å². The molecule has 5 heteroatoms. The minimum absolute atomic E-state index is 0.0183. The number of benzene rings is 2. The van der Waals surface area contributed by atoms with Gasteiger partial charge >= 0.3 is 0 Å². The fourth-order valence-corrected chi connectivity index (χ4v) is 6.05. The smallest absolute Gasteiger partial charge is 0.135 e. The summed E-state index contributed by atoms with van der Waals surface area (Å²) < 4.78 is 18.1. The zero-order chi connectivity index (χ0) is 26.4. The van der Waals surface area contributed by atoms with Crippen molar-refractivity contribution in [2.24, 2.45) is 0 Å². The quantitative estimate of drug-likeness (QED) is 0.276. The van der Waals surface area contributed by atoms with E-state index < -0.39 is 0 Å². The lowest BCUT2D eigenvalue weighted by Crippen LogP contribution is -2.00. The second-order valence-corrected chi connectivity index (χ2v) is 9.30. The van der Waals surface area contributed by atoms with Crippen LogP contribution in [0.4, 0.5) is 0 Å². The van der Waals surface area contributed by atoms with Gasteiger partial charge < -0.3 is 14.2 Å². The van der Waals surface area contributed by atoms with E-state index in [1.54, 1.807) is 27.4 Å². The minimum atomic E-state index is -0.171. The highest BCUT2D eigenvalue weighted by atomic mass is 16.5. The lowest BCUT2D eigenvalue weighted by molar-refractivity contribution is 0.136. The van der Waals surface area contributed by atoms with Crippen LogP contribution in [0.3, 0.4) is 0 Å². The fraction of sp³-hybridized carbons (Fsp3) is 0.152. The summed E-state index contributed by atoms with van der Waals surface area (Å²) in [5.74, 6) is 1.47. The van der Waals surface area contributed by atoms with Crippen LogP contribution in [-0.4, -0.2) is 21.3 Å². The minimum Gasteiger partial charge on any atom is -0.495 e. The molecule has 0 aliphatic heterocycles. The molecule has 0 saturated carbocycles. The van der Waals surface area contributed by atoms with E-state index in [4.69, 9.17) is 14.2 Å². The molecule has 2 aromatic rings. The maximum Gasteiger partial charge on any atom is 0.135 e. The van der Waals surface area contributed by atoms with Gasteiger partial charge in [0.15, 0.2) is 0 Å². The van der Waals surface area contributed by atoms with Gasteiger partial charge in [-0.2, -0.15) is 10.5 Å². The van der Waals surface area contributed by atoms with Crippen LogP contribution in [0, 0.1) is 22.7 Å². The lowest BCUT2D eigenvalue weighted by atomic mass is 9.95. The number of rotatable bonds is 4. The number of hydrogen-bond donors (Lipinski definition) is 0. The summed E-state index contributed by atoms with van der Waals surface area (Å²) in [4.78, 5) is 0. The largest absolute Gasteiger partial charge is 0.495 e. The molecule has 0 saturated heterocycles. The summed E-state index contributed by atoms with van der Waals surface area (Å²) in [5.41, 5.74) is 6.07. The molecule has 5 nitrogen and oxygen atoms in total. The Kier molecular flexibility index (Phi) is 5.72. The van der Waals surface area contributed by atoms with Crippen molar-refractivity contribution in [1.29, 1.82) is 10.5 Å². The Bertz CT molecular complexity index is 1790. The number of nitriles is 2. The summed E-state index contributed by atoms with van der Waals surface area (Å²) in [6.07, 6.45) is 12.0. The molecule has 2 atom stereocenters. The molecule has 4 aliphatic rings.